The van der Waals surface area contributed by atoms with Crippen LogP contribution in [0.2, 0.25) is 0 Å². The van der Waals surface area contributed by atoms with Crippen LogP contribution in [0.1, 0.15) is 303 Å². The second-order valence-electron chi connectivity index (χ2n) is 21.6. The minimum absolute atomic E-state index is 0.0942. The number of rotatable bonds is 59. The van der Waals surface area contributed by atoms with E-state index in [1.165, 1.54) is 148 Å². The van der Waals surface area contributed by atoms with E-state index in [1.807, 2.05) is 0 Å². The van der Waals surface area contributed by atoms with Gasteiger partial charge in [-0.2, -0.15) is 0 Å². The summed E-state index contributed by atoms with van der Waals surface area (Å²) in [5.41, 5.74) is 0. The Balaban J connectivity index is 4.32. The highest BCUT2D eigenvalue weighted by Gasteiger charge is 2.19. The van der Waals surface area contributed by atoms with Crippen LogP contribution in [0.3, 0.4) is 0 Å². The van der Waals surface area contributed by atoms with Gasteiger partial charge in [-0.05, 0) is 128 Å². The zero-order valence-electron chi connectivity index (χ0n) is 51.6. The van der Waals surface area contributed by atoms with Crippen molar-refractivity contribution < 1.29 is 28.6 Å². The van der Waals surface area contributed by atoms with Crippen LogP contribution in [0.4, 0.5) is 0 Å². The van der Waals surface area contributed by atoms with Crippen molar-refractivity contribution in [3.8, 4) is 0 Å². The van der Waals surface area contributed by atoms with Gasteiger partial charge in [0.05, 0.1) is 0 Å². The predicted molar refractivity (Wildman–Crippen MR) is 343 cm³/mol. The molecule has 0 aliphatic carbocycles. The lowest BCUT2D eigenvalue weighted by Gasteiger charge is -2.18. The molecule has 0 rings (SSSR count). The maximum Gasteiger partial charge on any atom is 0.306 e. The first kappa shape index (κ1) is 74.8. The Morgan fingerprint density at radius 1 is 0.266 bits per heavy atom. The van der Waals surface area contributed by atoms with Gasteiger partial charge < -0.3 is 14.2 Å². The number of carbonyl (C=O) groups excluding carboxylic acids is 3. The van der Waals surface area contributed by atoms with E-state index in [2.05, 4.69) is 142 Å². The third kappa shape index (κ3) is 64.5. The van der Waals surface area contributed by atoms with Crippen molar-refractivity contribution in [3.63, 3.8) is 0 Å². The molecule has 0 amide bonds. The van der Waals surface area contributed by atoms with Gasteiger partial charge >= 0.3 is 17.9 Å². The second-order valence-corrected chi connectivity index (χ2v) is 21.6. The fourth-order valence-electron chi connectivity index (χ4n) is 9.04. The number of carbonyl (C=O) groups is 3. The Morgan fingerprint density at radius 2 is 0.494 bits per heavy atom. The van der Waals surface area contributed by atoms with Crippen LogP contribution in [-0.2, 0) is 28.6 Å². The fourth-order valence-corrected chi connectivity index (χ4v) is 9.04. The van der Waals surface area contributed by atoms with Gasteiger partial charge in [-0.3, -0.25) is 14.4 Å². The van der Waals surface area contributed by atoms with Gasteiger partial charge in [-0.1, -0.05) is 277 Å². The van der Waals surface area contributed by atoms with E-state index < -0.39 is 6.10 Å². The van der Waals surface area contributed by atoms with E-state index >= 15 is 0 Å². The lowest BCUT2D eigenvalue weighted by Crippen LogP contribution is -2.30. The van der Waals surface area contributed by atoms with Crippen LogP contribution in [0, 0.1) is 0 Å². The molecule has 0 aliphatic rings. The molecule has 0 aliphatic heterocycles. The third-order valence-electron chi connectivity index (χ3n) is 13.9. The first-order chi connectivity index (χ1) is 39.0. The number of ether oxygens (including phenoxy) is 3. The van der Waals surface area contributed by atoms with E-state index in [1.54, 1.807) is 0 Å². The summed E-state index contributed by atoms with van der Waals surface area (Å²) >= 11 is 0. The molecule has 6 heteroatoms. The maximum atomic E-state index is 12.9. The first-order valence-corrected chi connectivity index (χ1v) is 33.0. The van der Waals surface area contributed by atoms with Crippen molar-refractivity contribution >= 4 is 17.9 Å². The van der Waals surface area contributed by atoms with Crippen LogP contribution >= 0.6 is 0 Å². The second kappa shape index (κ2) is 66.3. The number of hydrogen-bond acceptors (Lipinski definition) is 6. The average Bonchev–Trinajstić information content (AvgIpc) is 3.45. The van der Waals surface area contributed by atoms with Crippen molar-refractivity contribution in [2.24, 2.45) is 0 Å². The molecule has 0 aromatic carbocycles. The highest BCUT2D eigenvalue weighted by molar-refractivity contribution is 5.71. The summed E-state index contributed by atoms with van der Waals surface area (Å²) in [6.07, 6.45) is 92.1. The number of allylic oxidation sites excluding steroid dienone is 20. The SMILES string of the molecule is CC/C=C\C/C=C\C/C=C\C/C=C\C/C=C\CCCCCCCCCCCCCCCC(=O)OCC(COC(=O)CCCC/C=C\C/C=C\C/C=C\C/C=C\CC)OC(=O)CCCCCCCCC/C=C\CCCCCCCC. The van der Waals surface area contributed by atoms with Crippen LogP contribution in [0.5, 0.6) is 0 Å². The number of unbranched alkanes of at least 4 members (excludes halogenated alkanes) is 28. The molecule has 1 atom stereocenters. The van der Waals surface area contributed by atoms with E-state index in [4.69, 9.17) is 14.2 Å². The molecule has 0 fully saturated rings. The quantitative estimate of drug-likeness (QED) is 0.0261. The van der Waals surface area contributed by atoms with Gasteiger partial charge in [0.2, 0.25) is 0 Å². The minimum Gasteiger partial charge on any atom is -0.462 e. The van der Waals surface area contributed by atoms with Crippen LogP contribution in [-0.4, -0.2) is 37.2 Å². The highest BCUT2D eigenvalue weighted by atomic mass is 16.6. The zero-order chi connectivity index (χ0) is 57.1. The average molecular weight is 1100 g/mol. The van der Waals surface area contributed by atoms with Crippen molar-refractivity contribution in [1.82, 2.24) is 0 Å². The van der Waals surface area contributed by atoms with Gasteiger partial charge in [0.1, 0.15) is 13.2 Å². The van der Waals surface area contributed by atoms with Crippen LogP contribution in [0.25, 0.3) is 0 Å². The minimum atomic E-state index is -0.801. The molecule has 0 saturated heterocycles. The van der Waals surface area contributed by atoms with Crippen molar-refractivity contribution in [2.45, 2.75) is 309 Å². The molecule has 79 heavy (non-hydrogen) atoms. The largest absolute Gasteiger partial charge is 0.462 e. The highest BCUT2D eigenvalue weighted by Crippen LogP contribution is 2.16. The summed E-state index contributed by atoms with van der Waals surface area (Å²) in [6.45, 7) is 6.39. The Bertz CT molecular complexity index is 1640. The van der Waals surface area contributed by atoms with Crippen molar-refractivity contribution in [1.29, 1.82) is 0 Å². The molecule has 0 heterocycles. The smallest absolute Gasteiger partial charge is 0.306 e. The van der Waals surface area contributed by atoms with Crippen molar-refractivity contribution in [2.75, 3.05) is 13.2 Å². The van der Waals surface area contributed by atoms with E-state index in [9.17, 15) is 14.4 Å². The van der Waals surface area contributed by atoms with Gasteiger partial charge in [-0.25, -0.2) is 0 Å². The molecule has 0 aromatic heterocycles. The fraction of sp³-hybridized carbons (Fsp3) is 0.685. The molecule has 6 nitrogen and oxygen atoms in total. The molecule has 450 valence electrons. The molecular weight excluding hydrogens is 973 g/mol. The van der Waals surface area contributed by atoms with Gasteiger partial charge in [0, 0.05) is 19.3 Å². The summed E-state index contributed by atoms with van der Waals surface area (Å²) < 4.78 is 16.9. The summed E-state index contributed by atoms with van der Waals surface area (Å²) in [7, 11) is 0. The molecule has 1 unspecified atom stereocenters. The first-order valence-electron chi connectivity index (χ1n) is 33.0. The van der Waals surface area contributed by atoms with Gasteiger partial charge in [0.25, 0.3) is 0 Å². The van der Waals surface area contributed by atoms with E-state index in [-0.39, 0.29) is 31.1 Å². The predicted octanol–water partition coefficient (Wildman–Crippen LogP) is 22.8. The molecule has 0 bridgehead atoms. The van der Waals surface area contributed by atoms with Crippen LogP contribution in [0.15, 0.2) is 122 Å². The number of esters is 3. The normalized spacial score (nSPS) is 12.9. The zero-order valence-corrected chi connectivity index (χ0v) is 51.6. The summed E-state index contributed by atoms with van der Waals surface area (Å²) in [5.74, 6) is -0.936. The summed E-state index contributed by atoms with van der Waals surface area (Å²) in [6, 6.07) is 0. The van der Waals surface area contributed by atoms with Gasteiger partial charge in [-0.15, -0.1) is 0 Å². The maximum absolute atomic E-state index is 12.9. The Hall–Kier alpha value is -4.19. The third-order valence-corrected chi connectivity index (χ3v) is 13.9. The molecule has 0 N–H and O–H groups in total. The van der Waals surface area contributed by atoms with Crippen molar-refractivity contribution in [3.05, 3.63) is 122 Å². The van der Waals surface area contributed by atoms with Crippen LogP contribution < -0.4 is 0 Å². The summed E-state index contributed by atoms with van der Waals surface area (Å²) in [5, 5.41) is 0. The van der Waals surface area contributed by atoms with Gasteiger partial charge in [0.15, 0.2) is 6.10 Å². The topological polar surface area (TPSA) is 78.9 Å². The molecule has 0 spiro atoms. The Labute approximate surface area is 488 Å². The lowest BCUT2D eigenvalue weighted by atomic mass is 10.0. The molecule has 0 radical (unpaired) electrons. The Kier molecular flexibility index (Phi) is 62.8. The number of hydrogen-bond donors (Lipinski definition) is 0. The monoisotopic (exact) mass is 1090 g/mol. The molecular formula is C73H122O6. The van der Waals surface area contributed by atoms with E-state index in [0.717, 1.165) is 116 Å². The standard InChI is InChI=1S/C73H122O6/c1-4-7-10-13-16-19-22-25-28-30-31-32-33-34-35-36-37-38-39-40-41-43-45-48-51-54-57-60-63-66-72(75)78-69-70(68-77-71(74)65-62-59-56-53-50-47-44-27-24-21-18-15-12-9-6-3)79-73(76)67-64-61-58-55-52-49-46-42-29-26-23-20-17-14-11-8-5-2/h7,9-10,12,16,18-19,21,25-29,31-32,34-35,44,50,53,70H,4-6,8,11,13-15,17,20,22-24,30,33,36-43,45-49,51-52,54-69H2,1-3H3/b10-7-,12-9-,19-16-,21-18-,28-25-,29-26-,32-31-,35-34-,44-27-,53-50-. The molecule has 0 aromatic rings. The lowest BCUT2D eigenvalue weighted by molar-refractivity contribution is -0.167. The molecule has 0 saturated carbocycles. The van der Waals surface area contributed by atoms with E-state index in [0.29, 0.717) is 19.3 Å². The Morgan fingerprint density at radius 3 is 0.810 bits per heavy atom. The summed E-state index contributed by atoms with van der Waals surface area (Å²) in [4.78, 5) is 38.3.